The van der Waals surface area contributed by atoms with Crippen molar-refractivity contribution in [3.05, 3.63) is 29.8 Å². The Kier molecular flexibility index (Phi) is 8.31. The first kappa shape index (κ1) is 23.8. The smallest absolute Gasteiger partial charge is 0.321 e. The molecule has 0 heterocycles. The van der Waals surface area contributed by atoms with Crippen LogP contribution in [0.1, 0.15) is 51.9 Å². The molecule has 0 aromatic heterocycles. The van der Waals surface area contributed by atoms with Crippen molar-refractivity contribution in [2.24, 2.45) is 0 Å². The predicted molar refractivity (Wildman–Crippen MR) is 104 cm³/mol. The fraction of sp³-hybridized carbons (Fsp3) is 0.526. The van der Waals surface area contributed by atoms with Crippen molar-refractivity contribution < 1.29 is 27.5 Å². The standard InChI is InChI=1S/C19H28N2O6S/c1-12(2)21(13(3)4)19(24)15(6)27-18(23)11-20-28(25,26)17-9-7-16(8-10-17)14(5)22/h7-10,12-13,15,20H,11H2,1-6H3. The molecule has 0 radical (unpaired) electrons. The summed E-state index contributed by atoms with van der Waals surface area (Å²) in [6, 6.07) is 5.21. The molecular weight excluding hydrogens is 384 g/mol. The van der Waals surface area contributed by atoms with Gasteiger partial charge in [-0.1, -0.05) is 12.1 Å². The second-order valence-electron chi connectivity index (χ2n) is 6.97. The zero-order valence-electron chi connectivity index (χ0n) is 17.1. The van der Waals surface area contributed by atoms with Crippen LogP contribution in [-0.4, -0.2) is 55.7 Å². The summed E-state index contributed by atoms with van der Waals surface area (Å²) in [6.07, 6.45) is -1.03. The van der Waals surface area contributed by atoms with Crippen LogP contribution < -0.4 is 4.72 Å². The molecule has 0 bridgehead atoms. The van der Waals surface area contributed by atoms with E-state index in [1.807, 2.05) is 27.7 Å². The van der Waals surface area contributed by atoms with Crippen LogP contribution in [0.2, 0.25) is 0 Å². The van der Waals surface area contributed by atoms with Crippen LogP contribution in [0.15, 0.2) is 29.2 Å². The lowest BCUT2D eigenvalue weighted by molar-refractivity contribution is -0.160. The highest BCUT2D eigenvalue weighted by molar-refractivity contribution is 7.89. The van der Waals surface area contributed by atoms with Crippen molar-refractivity contribution >= 4 is 27.7 Å². The topological polar surface area (TPSA) is 110 Å². The third kappa shape index (κ3) is 6.42. The molecule has 0 fully saturated rings. The summed E-state index contributed by atoms with van der Waals surface area (Å²) < 4.78 is 31.7. The number of sulfonamides is 1. The van der Waals surface area contributed by atoms with Gasteiger partial charge in [-0.15, -0.1) is 0 Å². The Morgan fingerprint density at radius 2 is 1.50 bits per heavy atom. The molecule has 9 heteroatoms. The third-order valence-electron chi connectivity index (χ3n) is 4.00. The quantitative estimate of drug-likeness (QED) is 0.489. The van der Waals surface area contributed by atoms with Crippen molar-refractivity contribution in [2.45, 2.75) is 64.6 Å². The van der Waals surface area contributed by atoms with E-state index >= 15 is 0 Å². The molecule has 0 saturated carbocycles. The zero-order valence-corrected chi connectivity index (χ0v) is 17.9. The largest absolute Gasteiger partial charge is 0.452 e. The number of carbonyl (C=O) groups excluding carboxylic acids is 3. The van der Waals surface area contributed by atoms with Gasteiger partial charge in [0.1, 0.15) is 6.54 Å². The molecule has 156 valence electrons. The second kappa shape index (κ2) is 9.79. The molecule has 1 aromatic carbocycles. The van der Waals surface area contributed by atoms with Gasteiger partial charge in [-0.05, 0) is 53.7 Å². The average molecular weight is 413 g/mol. The number of ketones is 1. The lowest BCUT2D eigenvalue weighted by Crippen LogP contribution is -2.48. The lowest BCUT2D eigenvalue weighted by atomic mass is 10.2. The minimum Gasteiger partial charge on any atom is -0.452 e. The number of hydrogen-bond donors (Lipinski definition) is 1. The van der Waals surface area contributed by atoms with Gasteiger partial charge in [0.25, 0.3) is 5.91 Å². The number of hydrogen-bond acceptors (Lipinski definition) is 6. The van der Waals surface area contributed by atoms with Gasteiger partial charge in [-0.25, -0.2) is 8.42 Å². The van der Waals surface area contributed by atoms with E-state index in [9.17, 15) is 22.8 Å². The summed E-state index contributed by atoms with van der Waals surface area (Å²) in [5, 5.41) is 0. The van der Waals surface area contributed by atoms with Crippen LogP contribution in [0, 0.1) is 0 Å². The number of amides is 1. The molecule has 1 aromatic rings. The fourth-order valence-electron chi connectivity index (χ4n) is 2.71. The van der Waals surface area contributed by atoms with Gasteiger partial charge in [0.15, 0.2) is 11.9 Å². The first-order valence-electron chi connectivity index (χ1n) is 8.99. The van der Waals surface area contributed by atoms with Crippen LogP contribution in [0.3, 0.4) is 0 Å². The second-order valence-corrected chi connectivity index (χ2v) is 8.74. The molecule has 8 nitrogen and oxygen atoms in total. The Hall–Kier alpha value is -2.26. The monoisotopic (exact) mass is 412 g/mol. The van der Waals surface area contributed by atoms with Crippen LogP contribution in [0.5, 0.6) is 0 Å². The number of benzene rings is 1. The predicted octanol–water partition coefficient (Wildman–Crippen LogP) is 1.74. The number of esters is 1. The van der Waals surface area contributed by atoms with Crippen molar-refractivity contribution in [1.29, 1.82) is 0 Å². The van der Waals surface area contributed by atoms with Crippen LogP contribution in [0.25, 0.3) is 0 Å². The Morgan fingerprint density at radius 1 is 1.00 bits per heavy atom. The van der Waals surface area contributed by atoms with Crippen molar-refractivity contribution in [1.82, 2.24) is 9.62 Å². The minimum atomic E-state index is -3.95. The average Bonchev–Trinajstić information content (AvgIpc) is 2.59. The molecule has 0 aliphatic heterocycles. The van der Waals surface area contributed by atoms with Crippen molar-refractivity contribution in [2.75, 3.05) is 6.54 Å². The van der Waals surface area contributed by atoms with Gasteiger partial charge in [0.05, 0.1) is 4.90 Å². The summed E-state index contributed by atoms with van der Waals surface area (Å²) in [5.41, 5.74) is 0.380. The van der Waals surface area contributed by atoms with E-state index in [-0.39, 0.29) is 28.7 Å². The minimum absolute atomic E-state index is 0.0647. The van der Waals surface area contributed by atoms with Gasteiger partial charge in [0.2, 0.25) is 10.0 Å². The maximum absolute atomic E-state index is 12.5. The number of ether oxygens (including phenoxy) is 1. The molecule has 0 aliphatic rings. The SMILES string of the molecule is CC(=O)c1ccc(S(=O)(=O)NCC(=O)OC(C)C(=O)N(C(C)C)C(C)C)cc1. The molecule has 1 atom stereocenters. The van der Waals surface area contributed by atoms with Gasteiger partial charge in [-0.3, -0.25) is 14.4 Å². The molecule has 1 rings (SSSR count). The number of rotatable bonds is 9. The maximum atomic E-state index is 12.5. The van der Waals surface area contributed by atoms with Gasteiger partial charge >= 0.3 is 5.97 Å². The van der Waals surface area contributed by atoms with Crippen LogP contribution in [-0.2, 0) is 24.3 Å². The fourth-order valence-corrected chi connectivity index (χ4v) is 3.68. The van der Waals surface area contributed by atoms with Gasteiger partial charge < -0.3 is 9.64 Å². The Labute approximate surface area is 166 Å². The number of Topliss-reactive ketones (excluding diaryl/α,β-unsaturated/α-hetero) is 1. The molecular formula is C19H28N2O6S. The van der Waals surface area contributed by atoms with E-state index in [2.05, 4.69) is 4.72 Å². The first-order valence-corrected chi connectivity index (χ1v) is 10.5. The number of carbonyl (C=O) groups is 3. The van der Waals surface area contributed by atoms with Crippen LogP contribution in [0.4, 0.5) is 0 Å². The van der Waals surface area contributed by atoms with Gasteiger partial charge in [0, 0.05) is 17.6 Å². The number of nitrogens with zero attached hydrogens (tertiary/aromatic N) is 1. The molecule has 0 aliphatic carbocycles. The van der Waals surface area contributed by atoms with E-state index in [4.69, 9.17) is 4.74 Å². The Morgan fingerprint density at radius 3 is 1.93 bits per heavy atom. The summed E-state index contributed by atoms with van der Waals surface area (Å²) in [7, 11) is -3.95. The van der Waals surface area contributed by atoms with Crippen LogP contribution >= 0.6 is 0 Å². The van der Waals surface area contributed by atoms with Crippen molar-refractivity contribution in [3.63, 3.8) is 0 Å². The highest BCUT2D eigenvalue weighted by Crippen LogP contribution is 2.12. The van der Waals surface area contributed by atoms with E-state index in [1.54, 1.807) is 4.90 Å². The summed E-state index contributed by atoms with van der Waals surface area (Å²) in [6.45, 7) is 9.65. The third-order valence-corrected chi connectivity index (χ3v) is 5.42. The molecule has 0 saturated heterocycles. The summed E-state index contributed by atoms with van der Waals surface area (Å²) >= 11 is 0. The lowest BCUT2D eigenvalue weighted by Gasteiger charge is -2.32. The zero-order chi connectivity index (χ0) is 21.6. The summed E-state index contributed by atoms with van der Waals surface area (Å²) in [4.78, 5) is 37.2. The molecule has 1 unspecified atom stereocenters. The normalized spacial score (nSPS) is 12.7. The highest BCUT2D eigenvalue weighted by Gasteiger charge is 2.28. The molecule has 0 spiro atoms. The van der Waals surface area contributed by atoms with E-state index in [1.165, 1.54) is 38.1 Å². The van der Waals surface area contributed by atoms with Gasteiger partial charge in [-0.2, -0.15) is 4.72 Å². The summed E-state index contributed by atoms with van der Waals surface area (Å²) in [5.74, 6) is -1.39. The first-order chi connectivity index (χ1) is 12.9. The van der Waals surface area contributed by atoms with E-state index in [0.717, 1.165) is 0 Å². The molecule has 1 N–H and O–H groups in total. The highest BCUT2D eigenvalue weighted by atomic mass is 32.2. The Bertz CT molecular complexity index is 807. The Balaban J connectivity index is 2.70. The molecule has 1 amide bonds. The van der Waals surface area contributed by atoms with E-state index in [0.29, 0.717) is 5.56 Å². The van der Waals surface area contributed by atoms with E-state index < -0.39 is 28.6 Å². The number of nitrogens with one attached hydrogen (secondary N) is 1. The van der Waals surface area contributed by atoms with Crippen molar-refractivity contribution in [3.8, 4) is 0 Å². The molecule has 28 heavy (non-hydrogen) atoms. The maximum Gasteiger partial charge on any atom is 0.321 e.